The van der Waals surface area contributed by atoms with Gasteiger partial charge in [-0.3, -0.25) is 9.59 Å². The third kappa shape index (κ3) is 2.57. The summed E-state index contributed by atoms with van der Waals surface area (Å²) in [5.41, 5.74) is 1.83. The molecule has 5 rings (SSSR count). The number of hydrogen-bond donors (Lipinski definition) is 0. The number of pyridine rings is 1. The molecular weight excluding hydrogens is 354 g/mol. The summed E-state index contributed by atoms with van der Waals surface area (Å²) in [6, 6.07) is 5.85. The van der Waals surface area contributed by atoms with E-state index in [2.05, 4.69) is 21.7 Å². The largest absolute Gasteiger partial charge is 0.350 e. The minimum Gasteiger partial charge on any atom is -0.350 e. The van der Waals surface area contributed by atoms with E-state index in [-0.39, 0.29) is 22.9 Å². The number of aryl methyl sites for hydroxylation is 2. The van der Waals surface area contributed by atoms with Gasteiger partial charge < -0.3 is 14.0 Å². The number of aromatic nitrogens is 4. The van der Waals surface area contributed by atoms with Gasteiger partial charge in [-0.25, -0.2) is 0 Å². The molecule has 0 bridgehead atoms. The van der Waals surface area contributed by atoms with E-state index in [9.17, 15) is 9.59 Å². The van der Waals surface area contributed by atoms with Crippen molar-refractivity contribution >= 4 is 16.8 Å². The van der Waals surface area contributed by atoms with Crippen molar-refractivity contribution in [2.24, 2.45) is 7.05 Å². The fourth-order valence-electron chi connectivity index (χ4n) is 4.26. The van der Waals surface area contributed by atoms with Crippen LogP contribution >= 0.6 is 0 Å². The monoisotopic (exact) mass is 377 g/mol. The van der Waals surface area contributed by atoms with Crippen molar-refractivity contribution in [2.75, 3.05) is 6.54 Å². The molecule has 0 unspecified atom stereocenters. The molecule has 1 amide bonds. The van der Waals surface area contributed by atoms with Gasteiger partial charge in [0.2, 0.25) is 5.43 Å². The molecule has 1 aliphatic heterocycles. The highest BCUT2D eigenvalue weighted by atomic mass is 16.2. The van der Waals surface area contributed by atoms with E-state index < -0.39 is 0 Å². The van der Waals surface area contributed by atoms with E-state index in [1.807, 2.05) is 36.7 Å². The van der Waals surface area contributed by atoms with Crippen LogP contribution in [0.25, 0.3) is 10.9 Å². The van der Waals surface area contributed by atoms with Crippen LogP contribution in [0.1, 0.15) is 59.3 Å². The van der Waals surface area contributed by atoms with Crippen LogP contribution in [0.4, 0.5) is 0 Å². The predicted molar refractivity (Wildman–Crippen MR) is 105 cm³/mol. The molecule has 1 aromatic carbocycles. The van der Waals surface area contributed by atoms with Gasteiger partial charge in [0.25, 0.3) is 5.91 Å². The molecule has 1 atom stereocenters. The number of fused-ring (bicyclic) bond motifs is 2. The molecule has 0 saturated heterocycles. The normalized spacial score (nSPS) is 19.1. The van der Waals surface area contributed by atoms with Crippen LogP contribution in [0.5, 0.6) is 0 Å². The third-order valence-electron chi connectivity index (χ3n) is 5.85. The number of nitrogens with zero attached hydrogens (tertiary/aromatic N) is 5. The molecule has 0 radical (unpaired) electrons. The lowest BCUT2D eigenvalue weighted by molar-refractivity contribution is 0.0677. The van der Waals surface area contributed by atoms with Crippen LogP contribution in [0.15, 0.2) is 29.2 Å². The molecule has 28 heavy (non-hydrogen) atoms. The summed E-state index contributed by atoms with van der Waals surface area (Å²) in [5, 5.41) is 9.28. The maximum absolute atomic E-state index is 13.3. The quantitative estimate of drug-likeness (QED) is 0.688. The number of amides is 1. The highest BCUT2D eigenvalue weighted by Crippen LogP contribution is 2.41. The molecule has 0 N–H and O–H groups in total. The Morgan fingerprint density at radius 2 is 2.00 bits per heavy atom. The molecule has 144 valence electrons. The van der Waals surface area contributed by atoms with Gasteiger partial charge in [-0.15, -0.1) is 10.2 Å². The Labute approximate surface area is 162 Å². The Morgan fingerprint density at radius 1 is 1.21 bits per heavy atom. The maximum Gasteiger partial charge on any atom is 0.259 e. The van der Waals surface area contributed by atoms with Crippen molar-refractivity contribution in [3.8, 4) is 0 Å². The van der Waals surface area contributed by atoms with E-state index >= 15 is 0 Å². The highest BCUT2D eigenvalue weighted by molar-refractivity contribution is 5.97. The summed E-state index contributed by atoms with van der Waals surface area (Å²) in [5.74, 6) is 2.13. The van der Waals surface area contributed by atoms with Crippen LogP contribution in [-0.4, -0.2) is 36.7 Å². The lowest BCUT2D eigenvalue weighted by Crippen LogP contribution is -2.42. The first-order chi connectivity index (χ1) is 13.4. The van der Waals surface area contributed by atoms with Gasteiger partial charge in [0.05, 0.1) is 18.1 Å². The molecule has 1 saturated carbocycles. The number of carbonyl (C=O) groups is 1. The minimum atomic E-state index is -0.238. The molecule has 3 heterocycles. The summed E-state index contributed by atoms with van der Waals surface area (Å²) in [7, 11) is 1.87. The van der Waals surface area contributed by atoms with Crippen LogP contribution in [0.3, 0.4) is 0 Å². The summed E-state index contributed by atoms with van der Waals surface area (Å²) in [6.45, 7) is 4.97. The fourth-order valence-corrected chi connectivity index (χ4v) is 4.26. The Balaban J connectivity index is 1.53. The molecule has 3 aromatic rings. The van der Waals surface area contributed by atoms with E-state index in [0.29, 0.717) is 24.4 Å². The Morgan fingerprint density at radius 3 is 2.75 bits per heavy atom. The summed E-state index contributed by atoms with van der Waals surface area (Å²) < 4.78 is 4.04. The Kier molecular flexibility index (Phi) is 3.69. The van der Waals surface area contributed by atoms with Gasteiger partial charge in [-0.05, 0) is 38.8 Å². The zero-order valence-corrected chi connectivity index (χ0v) is 16.3. The van der Waals surface area contributed by atoms with Gasteiger partial charge in [0.1, 0.15) is 11.4 Å². The first kappa shape index (κ1) is 17.2. The van der Waals surface area contributed by atoms with E-state index in [4.69, 9.17) is 0 Å². The van der Waals surface area contributed by atoms with Gasteiger partial charge in [-0.1, -0.05) is 11.6 Å². The second-order valence-corrected chi connectivity index (χ2v) is 8.16. The van der Waals surface area contributed by atoms with Crippen LogP contribution < -0.4 is 5.43 Å². The van der Waals surface area contributed by atoms with Crippen molar-refractivity contribution < 1.29 is 4.79 Å². The SMILES string of the molecule is Cc1ccc2c(c1)c(=O)c(C(=O)N1Cc3nnc(C4CC4)n3[C@@H](C)C1)cn2C. The van der Waals surface area contributed by atoms with Crippen molar-refractivity contribution in [1.82, 2.24) is 24.2 Å². The van der Waals surface area contributed by atoms with E-state index in [0.717, 1.165) is 22.7 Å². The summed E-state index contributed by atoms with van der Waals surface area (Å²) in [6.07, 6.45) is 3.99. The van der Waals surface area contributed by atoms with E-state index in [1.165, 1.54) is 12.8 Å². The average Bonchev–Trinajstić information content (AvgIpc) is 3.43. The maximum atomic E-state index is 13.3. The fraction of sp³-hybridized carbons (Fsp3) is 0.429. The minimum absolute atomic E-state index is 0.102. The van der Waals surface area contributed by atoms with Crippen molar-refractivity contribution in [3.63, 3.8) is 0 Å². The van der Waals surface area contributed by atoms with Gasteiger partial charge in [-0.2, -0.15) is 0 Å². The number of benzene rings is 1. The average molecular weight is 377 g/mol. The van der Waals surface area contributed by atoms with Gasteiger partial charge in [0.15, 0.2) is 5.82 Å². The number of carbonyl (C=O) groups excluding carboxylic acids is 1. The molecule has 2 aromatic heterocycles. The Hall–Kier alpha value is -2.96. The second-order valence-electron chi connectivity index (χ2n) is 8.16. The number of hydrogen-bond acceptors (Lipinski definition) is 4. The third-order valence-corrected chi connectivity index (χ3v) is 5.85. The summed E-state index contributed by atoms with van der Waals surface area (Å²) in [4.78, 5) is 28.0. The lowest BCUT2D eigenvalue weighted by atomic mass is 10.1. The van der Waals surface area contributed by atoms with Crippen molar-refractivity contribution in [2.45, 2.75) is 45.2 Å². The predicted octanol–water partition coefficient (Wildman–Crippen LogP) is 2.53. The molecule has 7 heteroatoms. The molecule has 2 aliphatic rings. The molecule has 1 aliphatic carbocycles. The standard InChI is InChI=1S/C21H23N5O2/c1-12-4-7-17-15(8-12)19(27)16(10-24(17)3)21(28)25-9-13(2)26-18(11-25)22-23-20(26)14-5-6-14/h4,7-8,10,13-14H,5-6,9,11H2,1-3H3/t13-/m0/s1. The first-order valence-corrected chi connectivity index (χ1v) is 9.77. The van der Waals surface area contributed by atoms with Crippen molar-refractivity contribution in [3.05, 3.63) is 57.4 Å². The Bertz CT molecular complexity index is 1170. The van der Waals surface area contributed by atoms with Crippen molar-refractivity contribution in [1.29, 1.82) is 0 Å². The zero-order chi connectivity index (χ0) is 19.6. The molecular formula is C21H23N5O2. The van der Waals surface area contributed by atoms with Gasteiger partial charge in [0, 0.05) is 31.1 Å². The number of rotatable bonds is 2. The second kappa shape index (κ2) is 6.02. The zero-order valence-electron chi connectivity index (χ0n) is 16.3. The summed E-state index contributed by atoms with van der Waals surface area (Å²) >= 11 is 0. The van der Waals surface area contributed by atoms with E-state index in [1.54, 1.807) is 11.1 Å². The molecule has 0 spiro atoms. The first-order valence-electron chi connectivity index (χ1n) is 9.77. The molecule has 1 fully saturated rings. The topological polar surface area (TPSA) is 73.0 Å². The highest BCUT2D eigenvalue weighted by Gasteiger charge is 2.36. The van der Waals surface area contributed by atoms with Crippen LogP contribution in [0.2, 0.25) is 0 Å². The van der Waals surface area contributed by atoms with Crippen LogP contribution in [0, 0.1) is 6.92 Å². The lowest BCUT2D eigenvalue weighted by Gasteiger charge is -2.32. The molecule has 7 nitrogen and oxygen atoms in total. The smallest absolute Gasteiger partial charge is 0.259 e. The van der Waals surface area contributed by atoms with Crippen LogP contribution in [-0.2, 0) is 13.6 Å². The van der Waals surface area contributed by atoms with Gasteiger partial charge >= 0.3 is 0 Å².